The molecule has 1 atom stereocenters. The maximum absolute atomic E-state index is 13.0. The number of hydrogen-bond donors (Lipinski definition) is 0. The van der Waals surface area contributed by atoms with Crippen LogP contribution in [0.4, 0.5) is 5.69 Å². The molecule has 2 aliphatic rings. The summed E-state index contributed by atoms with van der Waals surface area (Å²) in [5.74, 6) is 1.09. The van der Waals surface area contributed by atoms with Crippen molar-refractivity contribution in [3.63, 3.8) is 0 Å². The lowest BCUT2D eigenvalue weighted by atomic mass is 10.0. The van der Waals surface area contributed by atoms with Gasteiger partial charge >= 0.3 is 0 Å². The van der Waals surface area contributed by atoms with Crippen LogP contribution in [0.5, 0.6) is 5.75 Å². The Morgan fingerprint density at radius 2 is 2.05 bits per heavy atom. The SMILES string of the molecule is Cc1cc2c(cc1S(=O)(=O)N1CCC[C@@H](C)C1)OCCN2C. The third-order valence-corrected chi connectivity index (χ3v) is 6.60. The Kier molecular flexibility index (Phi) is 4.07. The van der Waals surface area contributed by atoms with Crippen molar-refractivity contribution in [3.05, 3.63) is 17.7 Å². The number of piperidine rings is 1. The van der Waals surface area contributed by atoms with Crippen molar-refractivity contribution >= 4 is 15.7 Å². The van der Waals surface area contributed by atoms with E-state index in [1.165, 1.54) is 0 Å². The Balaban J connectivity index is 2.00. The Bertz CT molecular complexity index is 672. The normalized spacial score (nSPS) is 23.0. The molecule has 0 aromatic heterocycles. The van der Waals surface area contributed by atoms with Gasteiger partial charge in [0, 0.05) is 26.2 Å². The molecule has 0 amide bonds. The van der Waals surface area contributed by atoms with E-state index in [0.29, 0.717) is 36.3 Å². The summed E-state index contributed by atoms with van der Waals surface area (Å²) in [6.07, 6.45) is 2.03. The Hall–Kier alpha value is -1.27. The van der Waals surface area contributed by atoms with Crippen LogP contribution in [0, 0.1) is 12.8 Å². The van der Waals surface area contributed by atoms with Gasteiger partial charge in [0.25, 0.3) is 0 Å². The van der Waals surface area contributed by atoms with Crippen molar-refractivity contribution in [2.75, 3.05) is 38.2 Å². The van der Waals surface area contributed by atoms with Gasteiger partial charge in [0.2, 0.25) is 10.0 Å². The number of aryl methyl sites for hydroxylation is 1. The standard InChI is InChI=1S/C16H24N2O3S/c1-12-5-4-6-18(11-12)22(19,20)16-10-15-14(9-13(16)2)17(3)7-8-21-15/h9-10,12H,4-8,11H2,1-3H3/t12-/m1/s1. The lowest BCUT2D eigenvalue weighted by molar-refractivity contribution is 0.280. The molecule has 1 fully saturated rings. The summed E-state index contributed by atoms with van der Waals surface area (Å²) in [7, 11) is -1.44. The van der Waals surface area contributed by atoms with Crippen LogP contribution in [0.3, 0.4) is 0 Å². The van der Waals surface area contributed by atoms with Crippen molar-refractivity contribution in [3.8, 4) is 5.75 Å². The minimum Gasteiger partial charge on any atom is -0.490 e. The predicted molar refractivity (Wildman–Crippen MR) is 87.1 cm³/mol. The lowest BCUT2D eigenvalue weighted by Crippen LogP contribution is -2.39. The fourth-order valence-electron chi connectivity index (χ4n) is 3.26. The van der Waals surface area contributed by atoms with Crippen molar-refractivity contribution in [1.29, 1.82) is 0 Å². The number of rotatable bonds is 2. The summed E-state index contributed by atoms with van der Waals surface area (Å²) in [5, 5.41) is 0. The summed E-state index contributed by atoms with van der Waals surface area (Å²) in [6, 6.07) is 3.63. The van der Waals surface area contributed by atoms with E-state index in [-0.39, 0.29) is 0 Å². The Labute approximate surface area is 132 Å². The number of ether oxygens (including phenoxy) is 1. The molecule has 22 heavy (non-hydrogen) atoms. The van der Waals surface area contributed by atoms with Gasteiger partial charge in [-0.15, -0.1) is 0 Å². The molecule has 0 N–H and O–H groups in total. The van der Waals surface area contributed by atoms with E-state index in [1.807, 2.05) is 20.0 Å². The molecule has 3 rings (SSSR count). The Morgan fingerprint density at radius 1 is 1.27 bits per heavy atom. The van der Waals surface area contributed by atoms with E-state index in [0.717, 1.165) is 30.6 Å². The van der Waals surface area contributed by atoms with Crippen molar-refractivity contribution < 1.29 is 13.2 Å². The molecule has 0 spiro atoms. The highest BCUT2D eigenvalue weighted by atomic mass is 32.2. The zero-order valence-electron chi connectivity index (χ0n) is 13.5. The van der Waals surface area contributed by atoms with Gasteiger partial charge in [0.05, 0.1) is 17.1 Å². The number of sulfonamides is 1. The molecular weight excluding hydrogens is 300 g/mol. The molecule has 0 unspecified atom stereocenters. The molecule has 6 heteroatoms. The first kappa shape index (κ1) is 15.6. The third-order valence-electron chi connectivity index (χ3n) is 4.59. The van der Waals surface area contributed by atoms with E-state index in [4.69, 9.17) is 4.74 Å². The highest BCUT2D eigenvalue weighted by Gasteiger charge is 2.31. The first-order valence-electron chi connectivity index (χ1n) is 7.88. The first-order valence-corrected chi connectivity index (χ1v) is 9.32. The van der Waals surface area contributed by atoms with Gasteiger partial charge in [-0.05, 0) is 37.3 Å². The monoisotopic (exact) mass is 324 g/mol. The van der Waals surface area contributed by atoms with Gasteiger partial charge in [-0.3, -0.25) is 0 Å². The van der Waals surface area contributed by atoms with E-state index in [9.17, 15) is 8.42 Å². The molecule has 1 aromatic carbocycles. The number of nitrogens with zero attached hydrogens (tertiary/aromatic N) is 2. The Morgan fingerprint density at radius 3 is 2.77 bits per heavy atom. The smallest absolute Gasteiger partial charge is 0.243 e. The second-order valence-electron chi connectivity index (χ2n) is 6.47. The topological polar surface area (TPSA) is 49.9 Å². The van der Waals surface area contributed by atoms with E-state index < -0.39 is 10.0 Å². The average Bonchev–Trinajstić information content (AvgIpc) is 2.47. The van der Waals surface area contributed by atoms with Gasteiger partial charge in [0.15, 0.2) is 0 Å². The van der Waals surface area contributed by atoms with Gasteiger partial charge < -0.3 is 9.64 Å². The summed E-state index contributed by atoms with van der Waals surface area (Å²) in [6.45, 7) is 6.61. The zero-order valence-corrected chi connectivity index (χ0v) is 14.3. The van der Waals surface area contributed by atoms with Crippen LogP contribution in [-0.2, 0) is 10.0 Å². The summed E-state index contributed by atoms with van der Waals surface area (Å²) in [4.78, 5) is 2.49. The minimum absolute atomic E-state index is 0.385. The van der Waals surface area contributed by atoms with Crippen LogP contribution in [0.15, 0.2) is 17.0 Å². The van der Waals surface area contributed by atoms with Crippen molar-refractivity contribution in [2.24, 2.45) is 5.92 Å². The van der Waals surface area contributed by atoms with Gasteiger partial charge in [-0.1, -0.05) is 6.92 Å². The maximum atomic E-state index is 13.0. The highest BCUT2D eigenvalue weighted by Crippen LogP contribution is 2.36. The van der Waals surface area contributed by atoms with Gasteiger partial charge in [-0.2, -0.15) is 4.31 Å². The summed E-state index contributed by atoms with van der Waals surface area (Å²) >= 11 is 0. The molecule has 5 nitrogen and oxygen atoms in total. The average molecular weight is 324 g/mol. The third kappa shape index (κ3) is 2.70. The quantitative estimate of drug-likeness (QED) is 0.837. The number of hydrogen-bond acceptors (Lipinski definition) is 4. The molecule has 2 heterocycles. The van der Waals surface area contributed by atoms with E-state index in [2.05, 4.69) is 11.8 Å². The minimum atomic E-state index is -3.44. The first-order chi connectivity index (χ1) is 10.4. The van der Waals surface area contributed by atoms with Gasteiger partial charge in [0.1, 0.15) is 12.4 Å². The van der Waals surface area contributed by atoms with Crippen molar-refractivity contribution in [1.82, 2.24) is 4.31 Å². The maximum Gasteiger partial charge on any atom is 0.243 e. The van der Waals surface area contributed by atoms with E-state index >= 15 is 0 Å². The second kappa shape index (κ2) is 5.74. The van der Waals surface area contributed by atoms with Crippen LogP contribution >= 0.6 is 0 Å². The zero-order chi connectivity index (χ0) is 15.9. The predicted octanol–water partition coefficient (Wildman–Crippen LogP) is 2.24. The molecule has 2 aliphatic heterocycles. The number of benzene rings is 1. The fourth-order valence-corrected chi connectivity index (χ4v) is 5.08. The van der Waals surface area contributed by atoms with Crippen LogP contribution in [0.2, 0.25) is 0 Å². The highest BCUT2D eigenvalue weighted by molar-refractivity contribution is 7.89. The summed E-state index contributed by atoms with van der Waals surface area (Å²) < 4.78 is 33.3. The molecule has 0 saturated carbocycles. The number of fused-ring (bicyclic) bond motifs is 1. The van der Waals surface area contributed by atoms with E-state index in [1.54, 1.807) is 10.4 Å². The van der Waals surface area contributed by atoms with Crippen LogP contribution < -0.4 is 9.64 Å². The summed E-state index contributed by atoms with van der Waals surface area (Å²) in [5.41, 5.74) is 1.75. The van der Waals surface area contributed by atoms with Crippen LogP contribution in [0.1, 0.15) is 25.3 Å². The second-order valence-corrected chi connectivity index (χ2v) is 8.37. The molecular formula is C16H24N2O3S. The largest absolute Gasteiger partial charge is 0.490 e. The molecule has 0 aliphatic carbocycles. The molecule has 0 bridgehead atoms. The van der Waals surface area contributed by atoms with Crippen LogP contribution in [-0.4, -0.2) is 46.0 Å². The number of anilines is 1. The van der Waals surface area contributed by atoms with Gasteiger partial charge in [-0.25, -0.2) is 8.42 Å². The molecule has 1 saturated heterocycles. The van der Waals surface area contributed by atoms with Crippen molar-refractivity contribution in [2.45, 2.75) is 31.6 Å². The molecule has 0 radical (unpaired) electrons. The number of likely N-dealkylation sites (N-methyl/N-ethyl adjacent to an activating group) is 1. The molecule has 122 valence electrons. The molecule has 1 aromatic rings. The lowest BCUT2D eigenvalue weighted by Gasteiger charge is -2.32. The van der Waals surface area contributed by atoms with Crippen LogP contribution in [0.25, 0.3) is 0 Å². The fraction of sp³-hybridized carbons (Fsp3) is 0.625.